The third-order valence-electron chi connectivity index (χ3n) is 3.98. The minimum atomic E-state index is -3.45. The maximum atomic E-state index is 12.6. The van der Waals surface area contributed by atoms with Crippen LogP contribution in [0.3, 0.4) is 0 Å². The predicted molar refractivity (Wildman–Crippen MR) is 80.5 cm³/mol. The second-order valence-electron chi connectivity index (χ2n) is 5.31. The summed E-state index contributed by atoms with van der Waals surface area (Å²) in [6.45, 7) is 3.03. The summed E-state index contributed by atoms with van der Waals surface area (Å²) in [5, 5.41) is 0.202. The molecule has 0 aliphatic carbocycles. The highest BCUT2D eigenvalue weighted by molar-refractivity contribution is 7.89. The number of sulfonamides is 1. The van der Waals surface area contributed by atoms with Crippen LogP contribution in [0.15, 0.2) is 41.6 Å². The average Bonchev–Trinajstić information content (AvgIpc) is 3.18. The Hall–Kier alpha value is -1.66. The lowest BCUT2D eigenvalue weighted by Crippen LogP contribution is -2.29. The Morgan fingerprint density at radius 1 is 1.33 bits per heavy atom. The van der Waals surface area contributed by atoms with Gasteiger partial charge in [-0.1, -0.05) is 37.3 Å². The van der Waals surface area contributed by atoms with Gasteiger partial charge in [0.25, 0.3) is 10.0 Å². The first-order chi connectivity index (χ1) is 10.1. The van der Waals surface area contributed by atoms with Crippen molar-refractivity contribution in [3.63, 3.8) is 0 Å². The van der Waals surface area contributed by atoms with Gasteiger partial charge in [0.15, 0.2) is 5.03 Å². The highest BCUT2D eigenvalue weighted by atomic mass is 32.2. The minimum absolute atomic E-state index is 0.202. The largest absolute Gasteiger partial charge is 0.332 e. The zero-order valence-electron chi connectivity index (χ0n) is 12.0. The van der Waals surface area contributed by atoms with E-state index in [0.717, 1.165) is 6.42 Å². The van der Waals surface area contributed by atoms with Crippen LogP contribution in [0.1, 0.15) is 30.7 Å². The van der Waals surface area contributed by atoms with Gasteiger partial charge in [-0.2, -0.15) is 4.31 Å². The summed E-state index contributed by atoms with van der Waals surface area (Å²) in [6.07, 6.45) is 2.98. The molecule has 21 heavy (non-hydrogen) atoms. The number of hydrogen-bond donors (Lipinski definition) is 1. The van der Waals surface area contributed by atoms with Gasteiger partial charge in [-0.15, -0.1) is 0 Å². The van der Waals surface area contributed by atoms with Crippen LogP contribution in [0.4, 0.5) is 0 Å². The standard InChI is InChI=1S/C15H19N3O2S/c1-2-14-16-10-15(17-14)21(19,20)18-9-8-13(11-18)12-6-4-3-5-7-12/h3-7,10,13H,2,8-9,11H2,1H3,(H,16,17). The number of aromatic nitrogens is 2. The van der Waals surface area contributed by atoms with E-state index in [0.29, 0.717) is 25.3 Å². The Morgan fingerprint density at radius 3 is 2.76 bits per heavy atom. The molecular weight excluding hydrogens is 286 g/mol. The molecule has 1 saturated heterocycles. The van der Waals surface area contributed by atoms with E-state index >= 15 is 0 Å². The Morgan fingerprint density at radius 2 is 2.10 bits per heavy atom. The molecule has 0 saturated carbocycles. The highest BCUT2D eigenvalue weighted by Crippen LogP contribution is 2.30. The third-order valence-corrected chi connectivity index (χ3v) is 5.75. The molecule has 0 radical (unpaired) electrons. The Balaban J connectivity index is 1.79. The predicted octanol–water partition coefficient (Wildman–Crippen LogP) is 2.15. The summed E-state index contributed by atoms with van der Waals surface area (Å²) in [5.74, 6) is 0.974. The number of nitrogens with zero attached hydrogens (tertiary/aromatic N) is 2. The van der Waals surface area contributed by atoms with E-state index in [-0.39, 0.29) is 10.9 Å². The molecule has 0 amide bonds. The van der Waals surface area contributed by atoms with Crippen LogP contribution < -0.4 is 0 Å². The van der Waals surface area contributed by atoms with E-state index in [9.17, 15) is 8.42 Å². The lowest BCUT2D eigenvalue weighted by atomic mass is 9.99. The van der Waals surface area contributed by atoms with Crippen molar-refractivity contribution < 1.29 is 8.42 Å². The Labute approximate surface area is 125 Å². The van der Waals surface area contributed by atoms with Crippen molar-refractivity contribution >= 4 is 10.0 Å². The molecule has 1 unspecified atom stereocenters. The SMILES string of the molecule is CCc1ncc(S(=O)(=O)N2CCC(c3ccccc3)C2)[nH]1. The highest BCUT2D eigenvalue weighted by Gasteiger charge is 2.34. The maximum Gasteiger partial charge on any atom is 0.260 e. The first-order valence-electron chi connectivity index (χ1n) is 7.20. The van der Waals surface area contributed by atoms with Crippen molar-refractivity contribution in [3.8, 4) is 0 Å². The normalized spacial score (nSPS) is 20.0. The number of rotatable bonds is 4. The van der Waals surface area contributed by atoms with Gasteiger partial charge in [0.1, 0.15) is 5.82 Å². The molecule has 1 aliphatic heterocycles. The Kier molecular flexibility index (Phi) is 3.82. The number of hydrogen-bond acceptors (Lipinski definition) is 3. The molecule has 1 aromatic heterocycles. The van der Waals surface area contributed by atoms with E-state index in [1.54, 1.807) is 4.31 Å². The van der Waals surface area contributed by atoms with Gasteiger partial charge >= 0.3 is 0 Å². The van der Waals surface area contributed by atoms with Crippen LogP contribution in [0, 0.1) is 0 Å². The molecule has 0 bridgehead atoms. The number of aryl methyl sites for hydroxylation is 1. The zero-order chi connectivity index (χ0) is 14.9. The van der Waals surface area contributed by atoms with Crippen molar-refractivity contribution in [3.05, 3.63) is 47.9 Å². The van der Waals surface area contributed by atoms with Gasteiger partial charge in [0, 0.05) is 19.5 Å². The van der Waals surface area contributed by atoms with Crippen LogP contribution in [-0.4, -0.2) is 35.8 Å². The molecular formula is C15H19N3O2S. The van der Waals surface area contributed by atoms with Gasteiger partial charge < -0.3 is 4.98 Å². The number of aromatic amines is 1. The van der Waals surface area contributed by atoms with Gasteiger partial charge in [-0.05, 0) is 17.9 Å². The van der Waals surface area contributed by atoms with Crippen LogP contribution in [0.5, 0.6) is 0 Å². The molecule has 6 heteroatoms. The van der Waals surface area contributed by atoms with Crippen molar-refractivity contribution in [2.45, 2.75) is 30.7 Å². The summed E-state index contributed by atoms with van der Waals surface area (Å²) >= 11 is 0. The van der Waals surface area contributed by atoms with Crippen molar-refractivity contribution in [1.82, 2.24) is 14.3 Å². The van der Waals surface area contributed by atoms with E-state index in [4.69, 9.17) is 0 Å². The molecule has 1 aliphatic rings. The molecule has 5 nitrogen and oxygen atoms in total. The summed E-state index contributed by atoms with van der Waals surface area (Å²) in [5.41, 5.74) is 1.20. The van der Waals surface area contributed by atoms with Gasteiger partial charge in [0.2, 0.25) is 0 Å². The molecule has 112 valence electrons. The summed E-state index contributed by atoms with van der Waals surface area (Å²) < 4.78 is 26.7. The fourth-order valence-electron chi connectivity index (χ4n) is 2.74. The summed E-state index contributed by atoms with van der Waals surface area (Å²) in [7, 11) is -3.45. The maximum absolute atomic E-state index is 12.6. The third kappa shape index (κ3) is 2.73. The quantitative estimate of drug-likeness (QED) is 0.941. The summed E-state index contributed by atoms with van der Waals surface area (Å²) in [4.78, 5) is 6.98. The van der Waals surface area contributed by atoms with Crippen LogP contribution in [0.2, 0.25) is 0 Å². The Bertz CT molecular complexity index is 710. The second-order valence-corrected chi connectivity index (χ2v) is 7.21. The van der Waals surface area contributed by atoms with Gasteiger partial charge in [-0.3, -0.25) is 0 Å². The number of nitrogens with one attached hydrogen (secondary N) is 1. The van der Waals surface area contributed by atoms with Crippen LogP contribution in [0.25, 0.3) is 0 Å². The van der Waals surface area contributed by atoms with Crippen molar-refractivity contribution in [2.24, 2.45) is 0 Å². The van der Waals surface area contributed by atoms with Crippen molar-refractivity contribution in [2.75, 3.05) is 13.1 Å². The molecule has 3 rings (SSSR count). The van der Waals surface area contributed by atoms with Crippen LogP contribution >= 0.6 is 0 Å². The van der Waals surface area contributed by atoms with Gasteiger partial charge in [0.05, 0.1) is 6.20 Å². The first-order valence-corrected chi connectivity index (χ1v) is 8.64. The fraction of sp³-hybridized carbons (Fsp3) is 0.400. The molecule has 1 fully saturated rings. The van der Waals surface area contributed by atoms with E-state index in [1.165, 1.54) is 11.8 Å². The lowest BCUT2D eigenvalue weighted by Gasteiger charge is -2.15. The fourth-order valence-corrected chi connectivity index (χ4v) is 4.17. The summed E-state index contributed by atoms with van der Waals surface area (Å²) in [6, 6.07) is 10.1. The van der Waals surface area contributed by atoms with E-state index in [2.05, 4.69) is 22.1 Å². The molecule has 0 spiro atoms. The molecule has 1 aromatic carbocycles. The van der Waals surface area contributed by atoms with E-state index in [1.807, 2.05) is 25.1 Å². The number of H-pyrrole nitrogens is 1. The number of imidazole rings is 1. The monoisotopic (exact) mass is 305 g/mol. The van der Waals surface area contributed by atoms with E-state index < -0.39 is 10.0 Å². The minimum Gasteiger partial charge on any atom is -0.332 e. The lowest BCUT2D eigenvalue weighted by molar-refractivity contribution is 0.470. The molecule has 1 atom stereocenters. The molecule has 2 aromatic rings. The molecule has 1 N–H and O–H groups in total. The zero-order valence-corrected chi connectivity index (χ0v) is 12.8. The van der Waals surface area contributed by atoms with Crippen molar-refractivity contribution in [1.29, 1.82) is 0 Å². The van der Waals surface area contributed by atoms with Gasteiger partial charge in [-0.25, -0.2) is 13.4 Å². The smallest absolute Gasteiger partial charge is 0.260 e. The number of benzene rings is 1. The average molecular weight is 305 g/mol. The topological polar surface area (TPSA) is 66.1 Å². The first kappa shape index (κ1) is 14.3. The molecule has 2 heterocycles. The van der Waals surface area contributed by atoms with Crippen LogP contribution in [-0.2, 0) is 16.4 Å². The second kappa shape index (κ2) is 5.61.